The van der Waals surface area contributed by atoms with Gasteiger partial charge in [-0.2, -0.15) is 11.8 Å². The predicted octanol–water partition coefficient (Wildman–Crippen LogP) is 1.87. The van der Waals surface area contributed by atoms with E-state index in [1.54, 1.807) is 0 Å². The van der Waals surface area contributed by atoms with Gasteiger partial charge in [0.25, 0.3) is 5.91 Å². The Morgan fingerprint density at radius 1 is 1.39 bits per heavy atom. The molecular weight excluding hydrogens is 244 g/mol. The summed E-state index contributed by atoms with van der Waals surface area (Å²) in [7, 11) is 0. The summed E-state index contributed by atoms with van der Waals surface area (Å²) >= 11 is 1.94. The number of hydrogen-bond acceptors (Lipinski definition) is 3. The van der Waals surface area contributed by atoms with Gasteiger partial charge in [-0.3, -0.25) is 4.79 Å². The van der Waals surface area contributed by atoms with E-state index in [2.05, 4.69) is 24.4 Å². The molecule has 0 bridgehead atoms. The summed E-state index contributed by atoms with van der Waals surface area (Å²) in [6.45, 7) is 4.83. The van der Waals surface area contributed by atoms with E-state index in [9.17, 15) is 4.79 Å². The van der Waals surface area contributed by atoms with Crippen molar-refractivity contribution in [2.24, 2.45) is 0 Å². The van der Waals surface area contributed by atoms with Crippen molar-refractivity contribution in [3.8, 4) is 0 Å². The Balaban J connectivity index is 1.83. The zero-order valence-corrected chi connectivity index (χ0v) is 11.4. The van der Waals surface area contributed by atoms with Crippen molar-refractivity contribution in [2.45, 2.75) is 26.1 Å². The Morgan fingerprint density at radius 3 is 3.06 bits per heavy atom. The molecule has 1 aromatic rings. The zero-order chi connectivity index (χ0) is 12.5. The molecule has 0 aromatic heterocycles. The van der Waals surface area contributed by atoms with Crippen molar-refractivity contribution in [3.63, 3.8) is 0 Å². The standard InChI is InChI=1S/C14H18N2OS/c1-10-9-18-5-4-16(10)14(17)11-2-3-12-7-15-8-13(12)6-11/h2-3,6,10,15H,4-5,7-9H2,1H3. The first-order valence-corrected chi connectivity index (χ1v) is 7.62. The van der Waals surface area contributed by atoms with Crippen LogP contribution in [-0.2, 0) is 13.1 Å². The molecule has 0 saturated carbocycles. The maximum absolute atomic E-state index is 12.5. The fourth-order valence-electron chi connectivity index (χ4n) is 2.62. The molecule has 1 aromatic carbocycles. The Morgan fingerprint density at radius 2 is 2.22 bits per heavy atom. The van der Waals surface area contributed by atoms with Crippen LogP contribution < -0.4 is 5.32 Å². The summed E-state index contributed by atoms with van der Waals surface area (Å²) in [5.41, 5.74) is 3.45. The van der Waals surface area contributed by atoms with Gasteiger partial charge in [-0.15, -0.1) is 0 Å². The number of thioether (sulfide) groups is 1. The van der Waals surface area contributed by atoms with Gasteiger partial charge in [0.05, 0.1) is 0 Å². The first-order chi connectivity index (χ1) is 8.75. The molecule has 1 N–H and O–H groups in total. The summed E-state index contributed by atoms with van der Waals surface area (Å²) in [5.74, 6) is 2.30. The second kappa shape index (κ2) is 4.94. The molecule has 2 heterocycles. The first-order valence-electron chi connectivity index (χ1n) is 6.47. The average molecular weight is 262 g/mol. The fourth-order valence-corrected chi connectivity index (χ4v) is 3.64. The number of nitrogens with one attached hydrogen (secondary N) is 1. The van der Waals surface area contributed by atoms with Crippen molar-refractivity contribution in [1.82, 2.24) is 10.2 Å². The van der Waals surface area contributed by atoms with Crippen LogP contribution in [0.2, 0.25) is 0 Å². The van der Waals surface area contributed by atoms with Gasteiger partial charge in [-0.25, -0.2) is 0 Å². The van der Waals surface area contributed by atoms with Crippen molar-refractivity contribution >= 4 is 17.7 Å². The molecule has 3 rings (SSSR count). The van der Waals surface area contributed by atoms with E-state index in [1.165, 1.54) is 11.1 Å². The number of carbonyl (C=O) groups is 1. The Labute approximate surface area is 112 Å². The number of fused-ring (bicyclic) bond motifs is 1. The highest BCUT2D eigenvalue weighted by Gasteiger charge is 2.25. The average Bonchev–Trinajstić information content (AvgIpc) is 2.85. The Hall–Kier alpha value is -1.00. The van der Waals surface area contributed by atoms with Crippen molar-refractivity contribution in [3.05, 3.63) is 34.9 Å². The highest BCUT2D eigenvalue weighted by Crippen LogP contribution is 2.21. The van der Waals surface area contributed by atoms with Gasteiger partial charge in [-0.05, 0) is 30.2 Å². The minimum Gasteiger partial charge on any atom is -0.334 e. The van der Waals surface area contributed by atoms with E-state index in [0.717, 1.165) is 36.7 Å². The van der Waals surface area contributed by atoms with Gasteiger partial charge < -0.3 is 10.2 Å². The van der Waals surface area contributed by atoms with Crippen LogP contribution in [-0.4, -0.2) is 34.9 Å². The lowest BCUT2D eigenvalue weighted by Gasteiger charge is -2.33. The number of nitrogens with zero attached hydrogens (tertiary/aromatic N) is 1. The molecular formula is C14H18N2OS. The van der Waals surface area contributed by atoms with Crippen LogP contribution in [0.4, 0.5) is 0 Å². The van der Waals surface area contributed by atoms with E-state index < -0.39 is 0 Å². The second-order valence-electron chi connectivity index (χ2n) is 5.01. The van der Waals surface area contributed by atoms with Gasteiger partial charge in [0, 0.05) is 42.7 Å². The summed E-state index contributed by atoms with van der Waals surface area (Å²) in [6.07, 6.45) is 0. The Kier molecular flexibility index (Phi) is 3.31. The number of rotatable bonds is 1. The van der Waals surface area contributed by atoms with Crippen LogP contribution in [0.25, 0.3) is 0 Å². The van der Waals surface area contributed by atoms with Crippen molar-refractivity contribution in [2.75, 3.05) is 18.1 Å². The minimum absolute atomic E-state index is 0.192. The van der Waals surface area contributed by atoms with Gasteiger partial charge in [-0.1, -0.05) is 6.07 Å². The first kappa shape index (κ1) is 12.1. The van der Waals surface area contributed by atoms with E-state index in [4.69, 9.17) is 0 Å². The fraction of sp³-hybridized carbons (Fsp3) is 0.500. The molecule has 3 nitrogen and oxygen atoms in total. The molecule has 0 radical (unpaired) electrons. The molecule has 0 aliphatic carbocycles. The lowest BCUT2D eigenvalue weighted by molar-refractivity contribution is 0.0716. The maximum atomic E-state index is 12.5. The normalized spacial score (nSPS) is 22.9. The second-order valence-corrected chi connectivity index (χ2v) is 6.16. The van der Waals surface area contributed by atoms with Crippen LogP contribution in [0.5, 0.6) is 0 Å². The number of benzene rings is 1. The van der Waals surface area contributed by atoms with E-state index in [1.807, 2.05) is 22.7 Å². The van der Waals surface area contributed by atoms with Gasteiger partial charge in [0.1, 0.15) is 0 Å². The molecule has 2 aliphatic rings. The van der Waals surface area contributed by atoms with Gasteiger partial charge >= 0.3 is 0 Å². The number of hydrogen-bond donors (Lipinski definition) is 1. The zero-order valence-electron chi connectivity index (χ0n) is 10.6. The minimum atomic E-state index is 0.192. The molecule has 96 valence electrons. The third-order valence-electron chi connectivity index (χ3n) is 3.71. The molecule has 18 heavy (non-hydrogen) atoms. The molecule has 1 unspecified atom stereocenters. The monoisotopic (exact) mass is 262 g/mol. The van der Waals surface area contributed by atoms with Crippen molar-refractivity contribution in [1.29, 1.82) is 0 Å². The van der Waals surface area contributed by atoms with Crippen LogP contribution >= 0.6 is 11.8 Å². The van der Waals surface area contributed by atoms with E-state index in [-0.39, 0.29) is 5.91 Å². The molecule has 1 saturated heterocycles. The van der Waals surface area contributed by atoms with Gasteiger partial charge in [0.2, 0.25) is 0 Å². The largest absolute Gasteiger partial charge is 0.334 e. The summed E-state index contributed by atoms with van der Waals surface area (Å²) in [4.78, 5) is 14.5. The van der Waals surface area contributed by atoms with Gasteiger partial charge in [0.15, 0.2) is 0 Å². The quantitative estimate of drug-likeness (QED) is 0.838. The van der Waals surface area contributed by atoms with Crippen LogP contribution in [0, 0.1) is 0 Å². The summed E-state index contributed by atoms with van der Waals surface area (Å²) in [6, 6.07) is 6.48. The van der Waals surface area contributed by atoms with Crippen LogP contribution in [0.15, 0.2) is 18.2 Å². The lowest BCUT2D eigenvalue weighted by atomic mass is 10.1. The molecule has 1 amide bonds. The highest BCUT2D eigenvalue weighted by molar-refractivity contribution is 7.99. The SMILES string of the molecule is CC1CSCCN1C(=O)c1ccc2c(c1)CNC2. The number of amides is 1. The Bertz CT molecular complexity index is 475. The third-order valence-corrected chi connectivity index (χ3v) is 4.90. The summed E-state index contributed by atoms with van der Waals surface area (Å²) < 4.78 is 0. The molecule has 4 heteroatoms. The highest BCUT2D eigenvalue weighted by atomic mass is 32.2. The molecule has 1 atom stereocenters. The lowest BCUT2D eigenvalue weighted by Crippen LogP contribution is -2.44. The van der Waals surface area contributed by atoms with Crippen LogP contribution in [0.3, 0.4) is 0 Å². The third kappa shape index (κ3) is 2.15. The van der Waals surface area contributed by atoms with E-state index in [0.29, 0.717) is 6.04 Å². The molecule has 1 fully saturated rings. The van der Waals surface area contributed by atoms with E-state index >= 15 is 0 Å². The smallest absolute Gasteiger partial charge is 0.254 e. The van der Waals surface area contributed by atoms with Crippen molar-refractivity contribution < 1.29 is 4.79 Å². The molecule has 0 spiro atoms. The summed E-state index contributed by atoms with van der Waals surface area (Å²) in [5, 5.41) is 3.31. The maximum Gasteiger partial charge on any atom is 0.254 e. The topological polar surface area (TPSA) is 32.3 Å². The molecule has 2 aliphatic heterocycles. The number of carbonyl (C=O) groups excluding carboxylic acids is 1. The predicted molar refractivity (Wildman–Crippen MR) is 74.8 cm³/mol. The van der Waals surface area contributed by atoms with Crippen LogP contribution in [0.1, 0.15) is 28.4 Å².